The van der Waals surface area contributed by atoms with Crippen molar-refractivity contribution in [1.82, 2.24) is 4.90 Å². The first-order valence-corrected chi connectivity index (χ1v) is 4.49. The molecular weight excluding hydrogens is 164 g/mol. The van der Waals surface area contributed by atoms with E-state index in [-0.39, 0.29) is 17.1 Å². The molecule has 74 valence electrons. The van der Waals surface area contributed by atoms with Crippen LogP contribution in [0.1, 0.15) is 34.6 Å². The lowest BCUT2D eigenvalue weighted by Crippen LogP contribution is -2.55. The molecule has 1 aliphatic heterocycles. The van der Waals surface area contributed by atoms with Crippen LogP contribution in [0.4, 0.5) is 4.79 Å². The molecule has 1 heterocycles. The summed E-state index contributed by atoms with van der Waals surface area (Å²) in [5.41, 5.74) is 6.04. The number of hydrogen-bond donors (Lipinski definition) is 1. The Bertz CT molecular complexity index is 277. The van der Waals surface area contributed by atoms with Crippen molar-refractivity contribution >= 4 is 6.03 Å². The van der Waals surface area contributed by atoms with Crippen LogP contribution in [-0.4, -0.2) is 22.0 Å². The predicted molar refractivity (Wildman–Crippen MR) is 53.3 cm³/mol. The highest BCUT2D eigenvalue weighted by atomic mass is 16.2. The summed E-state index contributed by atoms with van der Waals surface area (Å²) in [4.78, 5) is 13.0. The van der Waals surface area contributed by atoms with Gasteiger partial charge in [-0.05, 0) is 40.2 Å². The monoisotopic (exact) mass is 182 g/mol. The molecule has 0 fully saturated rings. The molecule has 3 heteroatoms. The van der Waals surface area contributed by atoms with E-state index >= 15 is 0 Å². The number of nitrogens with two attached hydrogens (primary N) is 1. The van der Waals surface area contributed by atoms with Crippen LogP contribution in [0, 0.1) is 0 Å². The van der Waals surface area contributed by atoms with Crippen LogP contribution in [0.2, 0.25) is 0 Å². The van der Waals surface area contributed by atoms with Crippen LogP contribution < -0.4 is 5.73 Å². The maximum absolute atomic E-state index is 11.3. The van der Waals surface area contributed by atoms with E-state index < -0.39 is 0 Å². The fourth-order valence-corrected chi connectivity index (χ4v) is 2.23. The van der Waals surface area contributed by atoms with Gasteiger partial charge in [-0.1, -0.05) is 6.08 Å². The van der Waals surface area contributed by atoms with Gasteiger partial charge in [0.2, 0.25) is 0 Å². The smallest absolute Gasteiger partial charge is 0.316 e. The SMILES string of the molecule is CC1=CC(C)(C)N(C(N)=O)C1(C)C. The second-order valence-corrected chi connectivity index (χ2v) is 4.71. The Morgan fingerprint density at radius 3 is 2.00 bits per heavy atom. The first-order valence-electron chi connectivity index (χ1n) is 4.49. The largest absolute Gasteiger partial charge is 0.351 e. The number of carbonyl (C=O) groups is 1. The fraction of sp³-hybridized carbons (Fsp3) is 0.700. The molecule has 13 heavy (non-hydrogen) atoms. The molecule has 0 saturated carbocycles. The molecule has 0 aromatic heterocycles. The molecule has 0 unspecified atom stereocenters. The summed E-state index contributed by atoms with van der Waals surface area (Å²) in [6.07, 6.45) is 2.09. The van der Waals surface area contributed by atoms with Crippen LogP contribution in [0.3, 0.4) is 0 Å². The van der Waals surface area contributed by atoms with Crippen LogP contribution in [-0.2, 0) is 0 Å². The van der Waals surface area contributed by atoms with Crippen LogP contribution in [0.25, 0.3) is 0 Å². The Morgan fingerprint density at radius 2 is 1.85 bits per heavy atom. The molecule has 1 aliphatic rings. The molecule has 0 aromatic rings. The van der Waals surface area contributed by atoms with E-state index in [1.165, 1.54) is 5.57 Å². The zero-order valence-corrected chi connectivity index (χ0v) is 9.01. The number of nitrogens with zero attached hydrogens (tertiary/aromatic N) is 1. The summed E-state index contributed by atoms with van der Waals surface area (Å²) in [7, 11) is 0. The second-order valence-electron chi connectivity index (χ2n) is 4.71. The normalized spacial score (nSPS) is 24.4. The van der Waals surface area contributed by atoms with Gasteiger partial charge in [0, 0.05) is 0 Å². The number of carbonyl (C=O) groups excluding carboxylic acids is 1. The van der Waals surface area contributed by atoms with Gasteiger partial charge >= 0.3 is 6.03 Å². The lowest BCUT2D eigenvalue weighted by atomic mass is 9.97. The van der Waals surface area contributed by atoms with Gasteiger partial charge in [0.1, 0.15) is 0 Å². The molecule has 0 bridgehead atoms. The van der Waals surface area contributed by atoms with Gasteiger partial charge in [-0.3, -0.25) is 0 Å². The van der Waals surface area contributed by atoms with E-state index in [0.29, 0.717) is 0 Å². The van der Waals surface area contributed by atoms with Crippen molar-refractivity contribution in [3.05, 3.63) is 11.6 Å². The van der Waals surface area contributed by atoms with E-state index in [9.17, 15) is 4.79 Å². The number of urea groups is 1. The van der Waals surface area contributed by atoms with E-state index in [4.69, 9.17) is 5.73 Å². The zero-order valence-electron chi connectivity index (χ0n) is 9.01. The van der Waals surface area contributed by atoms with Crippen molar-refractivity contribution < 1.29 is 4.79 Å². The van der Waals surface area contributed by atoms with E-state index in [2.05, 4.69) is 6.08 Å². The van der Waals surface area contributed by atoms with E-state index in [1.807, 2.05) is 34.6 Å². The molecular formula is C10H18N2O. The van der Waals surface area contributed by atoms with Crippen molar-refractivity contribution in [2.24, 2.45) is 5.73 Å². The average Bonchev–Trinajstić information content (AvgIpc) is 1.96. The third-order valence-corrected chi connectivity index (χ3v) is 2.89. The summed E-state index contributed by atoms with van der Waals surface area (Å²) in [5, 5.41) is 0. The fourth-order valence-electron chi connectivity index (χ4n) is 2.23. The summed E-state index contributed by atoms with van der Waals surface area (Å²) < 4.78 is 0. The van der Waals surface area contributed by atoms with Crippen molar-refractivity contribution in [1.29, 1.82) is 0 Å². The molecule has 1 rings (SSSR count). The van der Waals surface area contributed by atoms with Gasteiger partial charge < -0.3 is 10.6 Å². The Morgan fingerprint density at radius 1 is 1.38 bits per heavy atom. The maximum Gasteiger partial charge on any atom is 0.316 e. The molecule has 0 atom stereocenters. The highest BCUT2D eigenvalue weighted by Gasteiger charge is 2.45. The lowest BCUT2D eigenvalue weighted by Gasteiger charge is -2.40. The Balaban J connectivity index is 3.16. The minimum Gasteiger partial charge on any atom is -0.351 e. The molecule has 2 amide bonds. The summed E-state index contributed by atoms with van der Waals surface area (Å²) in [6.45, 7) is 10.0. The van der Waals surface area contributed by atoms with Gasteiger partial charge in [0.25, 0.3) is 0 Å². The minimum absolute atomic E-state index is 0.255. The van der Waals surface area contributed by atoms with Crippen LogP contribution in [0.15, 0.2) is 11.6 Å². The second kappa shape index (κ2) is 2.50. The van der Waals surface area contributed by atoms with Crippen molar-refractivity contribution in [3.8, 4) is 0 Å². The third-order valence-electron chi connectivity index (χ3n) is 2.89. The Hall–Kier alpha value is -0.990. The van der Waals surface area contributed by atoms with Gasteiger partial charge in [-0.2, -0.15) is 0 Å². The van der Waals surface area contributed by atoms with E-state index in [1.54, 1.807) is 4.90 Å². The van der Waals surface area contributed by atoms with Crippen molar-refractivity contribution in [2.45, 2.75) is 45.7 Å². The maximum atomic E-state index is 11.3. The first kappa shape index (κ1) is 10.1. The molecule has 0 spiro atoms. The first-order chi connectivity index (χ1) is 5.69. The highest BCUT2D eigenvalue weighted by Crippen LogP contribution is 2.39. The molecule has 2 N–H and O–H groups in total. The molecule has 0 saturated heterocycles. The number of rotatable bonds is 0. The van der Waals surface area contributed by atoms with Gasteiger partial charge in [0.15, 0.2) is 0 Å². The minimum atomic E-state index is -0.358. The molecule has 0 aliphatic carbocycles. The molecule has 0 aromatic carbocycles. The topological polar surface area (TPSA) is 46.3 Å². The number of amides is 2. The number of primary amides is 1. The van der Waals surface area contributed by atoms with Gasteiger partial charge in [-0.15, -0.1) is 0 Å². The van der Waals surface area contributed by atoms with Gasteiger partial charge in [-0.25, -0.2) is 4.79 Å². The Kier molecular flexibility index (Phi) is 1.94. The quantitative estimate of drug-likeness (QED) is 0.571. The lowest BCUT2D eigenvalue weighted by molar-refractivity contribution is 0.124. The summed E-state index contributed by atoms with van der Waals surface area (Å²) in [5.74, 6) is 0. The third kappa shape index (κ3) is 1.32. The average molecular weight is 182 g/mol. The zero-order chi connectivity index (χ0) is 10.4. The highest BCUT2D eigenvalue weighted by molar-refractivity contribution is 5.76. The Labute approximate surface area is 79.6 Å². The standard InChI is InChI=1S/C10H18N2O/c1-7-6-9(2,3)12(8(11)13)10(7,4)5/h6H,1-5H3,(H2,11,13). The van der Waals surface area contributed by atoms with Crippen molar-refractivity contribution in [2.75, 3.05) is 0 Å². The molecule has 0 radical (unpaired) electrons. The van der Waals surface area contributed by atoms with Crippen molar-refractivity contribution in [3.63, 3.8) is 0 Å². The summed E-state index contributed by atoms with van der Waals surface area (Å²) in [6, 6.07) is -0.358. The summed E-state index contributed by atoms with van der Waals surface area (Å²) >= 11 is 0. The van der Waals surface area contributed by atoms with E-state index in [0.717, 1.165) is 0 Å². The predicted octanol–water partition coefficient (Wildman–Crippen LogP) is 1.88. The van der Waals surface area contributed by atoms with Gasteiger partial charge in [0.05, 0.1) is 11.1 Å². The van der Waals surface area contributed by atoms with Crippen LogP contribution >= 0.6 is 0 Å². The molecule has 3 nitrogen and oxygen atoms in total. The number of hydrogen-bond acceptors (Lipinski definition) is 1. The van der Waals surface area contributed by atoms with Crippen LogP contribution in [0.5, 0.6) is 0 Å².